The molecule has 3 N–H and O–H groups in total. The van der Waals surface area contributed by atoms with E-state index in [1.165, 1.54) is 0 Å². The van der Waals surface area contributed by atoms with Crippen molar-refractivity contribution in [3.63, 3.8) is 0 Å². The minimum atomic E-state index is -0.153. The molecule has 6 heteroatoms. The summed E-state index contributed by atoms with van der Waals surface area (Å²) in [6.45, 7) is 4.03. The number of hydrogen-bond donors (Lipinski definition) is 2. The lowest BCUT2D eigenvalue weighted by Crippen LogP contribution is -2.13. The van der Waals surface area contributed by atoms with Gasteiger partial charge in [0.2, 0.25) is 0 Å². The molecule has 1 rings (SSSR count). The second-order valence-corrected chi connectivity index (χ2v) is 4.69. The van der Waals surface area contributed by atoms with E-state index in [1.54, 1.807) is 14.0 Å². The summed E-state index contributed by atoms with van der Waals surface area (Å²) in [5, 5.41) is 3.18. The molecular weight excluding hydrogens is 284 g/mol. The second-order valence-electron chi connectivity index (χ2n) is 4.69. The van der Waals surface area contributed by atoms with Crippen LogP contribution in [0.15, 0.2) is 18.2 Å². The van der Waals surface area contributed by atoms with Gasteiger partial charge in [-0.2, -0.15) is 0 Å². The normalized spacial score (nSPS) is 10.1. The highest BCUT2D eigenvalue weighted by Crippen LogP contribution is 2.29. The van der Waals surface area contributed by atoms with Gasteiger partial charge in [-0.3, -0.25) is 4.79 Å². The number of anilines is 1. The van der Waals surface area contributed by atoms with E-state index >= 15 is 0 Å². The molecule has 0 aliphatic rings. The largest absolute Gasteiger partial charge is 0.494 e. The summed E-state index contributed by atoms with van der Waals surface area (Å²) in [6, 6.07) is 5.62. The van der Waals surface area contributed by atoms with Crippen LogP contribution in [-0.2, 0) is 9.53 Å². The Morgan fingerprint density at radius 2 is 2.14 bits per heavy atom. The van der Waals surface area contributed by atoms with Crippen molar-refractivity contribution in [2.45, 2.75) is 26.2 Å². The zero-order valence-electron chi connectivity index (χ0n) is 13.4. The quantitative estimate of drug-likeness (QED) is 0.481. The number of carbonyl (C=O) groups excluding carboxylic acids is 1. The van der Waals surface area contributed by atoms with Crippen LogP contribution in [0.1, 0.15) is 26.2 Å². The third-order valence-electron chi connectivity index (χ3n) is 2.98. The van der Waals surface area contributed by atoms with Gasteiger partial charge in [0, 0.05) is 25.6 Å². The van der Waals surface area contributed by atoms with Crippen LogP contribution in [0.2, 0.25) is 0 Å². The maximum absolute atomic E-state index is 11.2. The van der Waals surface area contributed by atoms with Gasteiger partial charge in [-0.05, 0) is 31.9 Å². The molecule has 22 heavy (non-hydrogen) atoms. The molecular formula is C16H26N2O4. The molecule has 6 nitrogen and oxygen atoms in total. The zero-order valence-corrected chi connectivity index (χ0v) is 13.4. The van der Waals surface area contributed by atoms with E-state index in [1.807, 2.05) is 18.2 Å². The molecule has 0 saturated heterocycles. The predicted octanol–water partition coefficient (Wildman–Crippen LogP) is 2.18. The Labute approximate surface area is 131 Å². The van der Waals surface area contributed by atoms with Crippen LogP contribution in [0.25, 0.3) is 0 Å². The predicted molar refractivity (Wildman–Crippen MR) is 86.5 cm³/mol. The molecule has 0 radical (unpaired) electrons. The van der Waals surface area contributed by atoms with Gasteiger partial charge in [-0.15, -0.1) is 0 Å². The molecule has 0 aromatic heterocycles. The van der Waals surface area contributed by atoms with Gasteiger partial charge in [-0.1, -0.05) is 0 Å². The molecule has 0 unspecified atom stereocenters. The van der Waals surface area contributed by atoms with Crippen molar-refractivity contribution in [1.82, 2.24) is 0 Å². The fourth-order valence-corrected chi connectivity index (χ4v) is 1.91. The van der Waals surface area contributed by atoms with E-state index in [0.717, 1.165) is 30.0 Å². The standard InChI is InChI=1S/C16H26N2O4/c1-3-21-16(19)6-4-5-11-22-13-7-8-14(18-10-9-17)15(12-13)20-2/h7-8,12,18H,3-6,9-11,17H2,1-2H3. The van der Waals surface area contributed by atoms with Gasteiger partial charge < -0.3 is 25.3 Å². The number of esters is 1. The van der Waals surface area contributed by atoms with Crippen LogP contribution in [0, 0.1) is 0 Å². The maximum atomic E-state index is 11.2. The minimum Gasteiger partial charge on any atom is -0.494 e. The van der Waals surface area contributed by atoms with Gasteiger partial charge >= 0.3 is 5.97 Å². The van der Waals surface area contributed by atoms with E-state index in [9.17, 15) is 4.79 Å². The lowest BCUT2D eigenvalue weighted by molar-refractivity contribution is -0.143. The molecule has 0 aliphatic heterocycles. The molecule has 0 bridgehead atoms. The summed E-state index contributed by atoms with van der Waals surface area (Å²) in [5.74, 6) is 1.31. The SMILES string of the molecule is CCOC(=O)CCCCOc1ccc(NCCN)c(OC)c1. The van der Waals surface area contributed by atoms with Crippen molar-refractivity contribution in [2.75, 3.05) is 38.7 Å². The lowest BCUT2D eigenvalue weighted by atomic mass is 10.2. The first-order chi connectivity index (χ1) is 10.7. The summed E-state index contributed by atoms with van der Waals surface area (Å²) in [5.41, 5.74) is 6.36. The Morgan fingerprint density at radius 1 is 1.32 bits per heavy atom. The van der Waals surface area contributed by atoms with Gasteiger partial charge in [0.1, 0.15) is 11.5 Å². The van der Waals surface area contributed by atoms with E-state index in [0.29, 0.717) is 32.7 Å². The number of ether oxygens (including phenoxy) is 3. The second kappa shape index (κ2) is 10.7. The van der Waals surface area contributed by atoms with Gasteiger partial charge in [0.25, 0.3) is 0 Å². The Morgan fingerprint density at radius 3 is 2.82 bits per heavy atom. The van der Waals surface area contributed by atoms with Crippen LogP contribution in [0.3, 0.4) is 0 Å². The number of carbonyl (C=O) groups is 1. The van der Waals surface area contributed by atoms with Crippen LogP contribution < -0.4 is 20.5 Å². The number of hydrogen-bond acceptors (Lipinski definition) is 6. The van der Waals surface area contributed by atoms with Gasteiger partial charge in [0.15, 0.2) is 0 Å². The average molecular weight is 310 g/mol. The molecule has 0 heterocycles. The number of methoxy groups -OCH3 is 1. The van der Waals surface area contributed by atoms with Crippen LogP contribution in [0.4, 0.5) is 5.69 Å². The van der Waals surface area contributed by atoms with Gasteiger partial charge in [-0.25, -0.2) is 0 Å². The highest BCUT2D eigenvalue weighted by Gasteiger charge is 2.05. The molecule has 0 amide bonds. The van der Waals surface area contributed by atoms with Crippen molar-refractivity contribution >= 4 is 11.7 Å². The fraction of sp³-hybridized carbons (Fsp3) is 0.562. The summed E-state index contributed by atoms with van der Waals surface area (Å²) < 4.78 is 15.9. The molecule has 0 spiro atoms. The van der Waals surface area contributed by atoms with E-state index in [4.69, 9.17) is 19.9 Å². The Hall–Kier alpha value is -1.95. The summed E-state index contributed by atoms with van der Waals surface area (Å²) in [4.78, 5) is 11.2. The summed E-state index contributed by atoms with van der Waals surface area (Å²) >= 11 is 0. The first-order valence-electron chi connectivity index (χ1n) is 7.61. The number of nitrogens with two attached hydrogens (primary N) is 1. The van der Waals surface area contributed by atoms with Crippen molar-refractivity contribution in [3.05, 3.63) is 18.2 Å². The van der Waals surface area contributed by atoms with E-state index < -0.39 is 0 Å². The first-order valence-corrected chi connectivity index (χ1v) is 7.61. The van der Waals surface area contributed by atoms with Crippen molar-refractivity contribution in [3.8, 4) is 11.5 Å². The lowest BCUT2D eigenvalue weighted by Gasteiger charge is -2.13. The third kappa shape index (κ3) is 6.67. The number of unbranched alkanes of at least 4 members (excludes halogenated alkanes) is 1. The average Bonchev–Trinajstić information content (AvgIpc) is 2.53. The smallest absolute Gasteiger partial charge is 0.305 e. The summed E-state index contributed by atoms with van der Waals surface area (Å²) in [6.07, 6.45) is 1.99. The zero-order chi connectivity index (χ0) is 16.2. The van der Waals surface area contributed by atoms with E-state index in [-0.39, 0.29) is 5.97 Å². The van der Waals surface area contributed by atoms with Crippen molar-refractivity contribution < 1.29 is 19.0 Å². The molecule has 0 saturated carbocycles. The first kappa shape index (κ1) is 18.1. The summed E-state index contributed by atoms with van der Waals surface area (Å²) in [7, 11) is 1.62. The molecule has 1 aromatic carbocycles. The van der Waals surface area contributed by atoms with Crippen LogP contribution in [-0.4, -0.2) is 39.4 Å². The van der Waals surface area contributed by atoms with Crippen molar-refractivity contribution in [1.29, 1.82) is 0 Å². The van der Waals surface area contributed by atoms with E-state index in [2.05, 4.69) is 5.32 Å². The third-order valence-corrected chi connectivity index (χ3v) is 2.98. The van der Waals surface area contributed by atoms with Crippen LogP contribution >= 0.6 is 0 Å². The highest BCUT2D eigenvalue weighted by molar-refractivity contribution is 5.69. The number of nitrogens with one attached hydrogen (secondary N) is 1. The van der Waals surface area contributed by atoms with Crippen molar-refractivity contribution in [2.24, 2.45) is 5.73 Å². The Balaban J connectivity index is 2.35. The Kier molecular flexibility index (Phi) is 8.83. The number of benzene rings is 1. The molecule has 124 valence electrons. The Bertz CT molecular complexity index is 452. The maximum Gasteiger partial charge on any atom is 0.305 e. The molecule has 0 atom stereocenters. The molecule has 0 fully saturated rings. The topological polar surface area (TPSA) is 82.8 Å². The minimum absolute atomic E-state index is 0.153. The highest BCUT2D eigenvalue weighted by atomic mass is 16.5. The fourth-order valence-electron chi connectivity index (χ4n) is 1.91. The monoisotopic (exact) mass is 310 g/mol. The van der Waals surface area contributed by atoms with Gasteiger partial charge in [0.05, 0.1) is 26.0 Å². The number of rotatable bonds is 11. The molecule has 0 aliphatic carbocycles. The van der Waals surface area contributed by atoms with Crippen LogP contribution in [0.5, 0.6) is 11.5 Å². The molecule has 1 aromatic rings.